The third kappa shape index (κ3) is 4.10. The van der Waals surface area contributed by atoms with Crippen LogP contribution in [0, 0.1) is 6.92 Å². The molecular weight excluding hydrogens is 238 g/mol. The Morgan fingerprint density at radius 1 is 1.26 bits per heavy atom. The molecule has 0 bridgehead atoms. The molecule has 0 radical (unpaired) electrons. The molecule has 1 aromatic carbocycles. The van der Waals surface area contributed by atoms with Crippen LogP contribution in [-0.4, -0.2) is 22.8 Å². The van der Waals surface area contributed by atoms with E-state index >= 15 is 0 Å². The fourth-order valence-corrected chi connectivity index (χ4v) is 1.95. The van der Waals surface area contributed by atoms with Crippen molar-refractivity contribution in [1.82, 2.24) is 9.55 Å². The minimum Gasteiger partial charge on any atom is -0.382 e. The van der Waals surface area contributed by atoms with Crippen LogP contribution in [0.4, 0.5) is 11.6 Å². The number of benzene rings is 1. The lowest BCUT2D eigenvalue weighted by atomic mass is 10.3. The second kappa shape index (κ2) is 6.95. The van der Waals surface area contributed by atoms with Crippen LogP contribution < -0.4 is 5.32 Å². The van der Waals surface area contributed by atoms with E-state index in [0.717, 1.165) is 43.5 Å². The number of hydrogen-bond acceptors (Lipinski definition) is 3. The Kier molecular flexibility index (Phi) is 4.98. The van der Waals surface area contributed by atoms with E-state index < -0.39 is 0 Å². The van der Waals surface area contributed by atoms with Gasteiger partial charge in [-0.3, -0.25) is 0 Å². The van der Waals surface area contributed by atoms with Crippen LogP contribution in [0.2, 0.25) is 0 Å². The lowest BCUT2D eigenvalue weighted by Crippen LogP contribution is -2.05. The van der Waals surface area contributed by atoms with E-state index in [1.54, 1.807) is 0 Å². The molecule has 4 heteroatoms. The van der Waals surface area contributed by atoms with Crippen molar-refractivity contribution < 1.29 is 4.74 Å². The summed E-state index contributed by atoms with van der Waals surface area (Å²) < 4.78 is 7.51. The van der Waals surface area contributed by atoms with Crippen molar-refractivity contribution >= 4 is 11.6 Å². The van der Waals surface area contributed by atoms with Crippen LogP contribution in [0.1, 0.15) is 19.0 Å². The standard InChI is InChI=1S/C15H21N3O/c1-3-19-11-7-10-18-12-13(2)16-15(18)17-14-8-5-4-6-9-14/h4-6,8-9,12H,3,7,10-11H2,1-2H3,(H,16,17). The second-order valence-electron chi connectivity index (χ2n) is 4.44. The first kappa shape index (κ1) is 13.6. The molecule has 2 rings (SSSR count). The Morgan fingerprint density at radius 3 is 2.79 bits per heavy atom. The number of para-hydroxylation sites is 1. The third-order valence-corrected chi connectivity index (χ3v) is 2.82. The Balaban J connectivity index is 2.00. The van der Waals surface area contributed by atoms with E-state index in [2.05, 4.69) is 21.1 Å². The number of aryl methyl sites for hydroxylation is 2. The largest absolute Gasteiger partial charge is 0.382 e. The first-order valence-corrected chi connectivity index (χ1v) is 6.73. The van der Waals surface area contributed by atoms with Crippen molar-refractivity contribution in [1.29, 1.82) is 0 Å². The number of imidazole rings is 1. The highest BCUT2D eigenvalue weighted by Crippen LogP contribution is 2.16. The van der Waals surface area contributed by atoms with Gasteiger partial charge < -0.3 is 14.6 Å². The van der Waals surface area contributed by atoms with Crippen molar-refractivity contribution in [3.05, 3.63) is 42.2 Å². The monoisotopic (exact) mass is 259 g/mol. The summed E-state index contributed by atoms with van der Waals surface area (Å²) in [4.78, 5) is 4.52. The normalized spacial score (nSPS) is 10.6. The average molecular weight is 259 g/mol. The predicted octanol–water partition coefficient (Wildman–Crippen LogP) is 3.36. The summed E-state index contributed by atoms with van der Waals surface area (Å²) in [7, 11) is 0. The van der Waals surface area contributed by atoms with E-state index in [1.807, 2.05) is 44.2 Å². The number of nitrogens with zero attached hydrogens (tertiary/aromatic N) is 2. The molecule has 2 aromatic rings. The second-order valence-corrected chi connectivity index (χ2v) is 4.44. The molecule has 1 heterocycles. The van der Waals surface area contributed by atoms with Gasteiger partial charge in [0.1, 0.15) is 0 Å². The highest BCUT2D eigenvalue weighted by atomic mass is 16.5. The van der Waals surface area contributed by atoms with Crippen LogP contribution in [-0.2, 0) is 11.3 Å². The van der Waals surface area contributed by atoms with Gasteiger partial charge in [-0.2, -0.15) is 0 Å². The SMILES string of the molecule is CCOCCCn1cc(C)nc1Nc1ccccc1. The molecule has 0 saturated carbocycles. The number of anilines is 2. The summed E-state index contributed by atoms with van der Waals surface area (Å²) in [5.74, 6) is 0.889. The van der Waals surface area contributed by atoms with Gasteiger partial charge in [-0.25, -0.2) is 4.98 Å². The smallest absolute Gasteiger partial charge is 0.207 e. The first-order chi connectivity index (χ1) is 9.29. The number of rotatable bonds is 7. The van der Waals surface area contributed by atoms with E-state index in [1.165, 1.54) is 0 Å². The topological polar surface area (TPSA) is 39.1 Å². The van der Waals surface area contributed by atoms with Gasteiger partial charge in [-0.15, -0.1) is 0 Å². The molecule has 19 heavy (non-hydrogen) atoms. The van der Waals surface area contributed by atoms with Crippen molar-refractivity contribution in [3.8, 4) is 0 Å². The maximum absolute atomic E-state index is 5.37. The summed E-state index contributed by atoms with van der Waals surface area (Å²) >= 11 is 0. The average Bonchev–Trinajstić information content (AvgIpc) is 2.76. The van der Waals surface area contributed by atoms with E-state index in [-0.39, 0.29) is 0 Å². The Hall–Kier alpha value is -1.81. The van der Waals surface area contributed by atoms with Crippen LogP contribution in [0.15, 0.2) is 36.5 Å². The minimum atomic E-state index is 0.776. The lowest BCUT2D eigenvalue weighted by Gasteiger charge is -2.09. The molecule has 4 nitrogen and oxygen atoms in total. The predicted molar refractivity (Wildman–Crippen MR) is 77.8 cm³/mol. The summed E-state index contributed by atoms with van der Waals surface area (Å²) in [6.07, 6.45) is 3.06. The van der Waals surface area contributed by atoms with Crippen LogP contribution in [0.5, 0.6) is 0 Å². The molecule has 1 aromatic heterocycles. The van der Waals surface area contributed by atoms with Gasteiger partial charge in [-0.1, -0.05) is 18.2 Å². The maximum atomic E-state index is 5.37. The zero-order valence-corrected chi connectivity index (χ0v) is 11.6. The fraction of sp³-hybridized carbons (Fsp3) is 0.400. The molecule has 0 saturated heterocycles. The highest BCUT2D eigenvalue weighted by molar-refractivity contribution is 5.53. The molecule has 1 N–H and O–H groups in total. The molecule has 0 unspecified atom stereocenters. The maximum Gasteiger partial charge on any atom is 0.207 e. The Bertz CT molecular complexity index is 493. The molecule has 0 fully saturated rings. The summed E-state index contributed by atoms with van der Waals surface area (Å²) in [5.41, 5.74) is 2.08. The van der Waals surface area contributed by atoms with Gasteiger partial charge >= 0.3 is 0 Å². The van der Waals surface area contributed by atoms with Crippen LogP contribution in [0.25, 0.3) is 0 Å². The molecule has 102 valence electrons. The summed E-state index contributed by atoms with van der Waals surface area (Å²) in [5, 5.41) is 3.35. The highest BCUT2D eigenvalue weighted by Gasteiger charge is 2.05. The van der Waals surface area contributed by atoms with Crippen molar-refractivity contribution in [2.45, 2.75) is 26.8 Å². The Labute approximate surface area is 114 Å². The molecule has 0 aliphatic carbocycles. The summed E-state index contributed by atoms with van der Waals surface area (Å²) in [6, 6.07) is 10.1. The number of hydrogen-bond donors (Lipinski definition) is 1. The van der Waals surface area contributed by atoms with E-state index in [9.17, 15) is 0 Å². The molecule has 0 aliphatic rings. The van der Waals surface area contributed by atoms with Gasteiger partial charge in [0, 0.05) is 31.6 Å². The van der Waals surface area contributed by atoms with E-state index in [4.69, 9.17) is 4.74 Å². The van der Waals surface area contributed by atoms with Crippen LogP contribution in [0.3, 0.4) is 0 Å². The van der Waals surface area contributed by atoms with Crippen molar-refractivity contribution in [2.24, 2.45) is 0 Å². The number of nitrogens with one attached hydrogen (secondary N) is 1. The Morgan fingerprint density at radius 2 is 2.05 bits per heavy atom. The van der Waals surface area contributed by atoms with Gasteiger partial charge in [0.25, 0.3) is 0 Å². The van der Waals surface area contributed by atoms with Crippen LogP contribution >= 0.6 is 0 Å². The number of ether oxygens (including phenoxy) is 1. The van der Waals surface area contributed by atoms with Gasteiger partial charge in [0.05, 0.1) is 5.69 Å². The third-order valence-electron chi connectivity index (χ3n) is 2.82. The lowest BCUT2D eigenvalue weighted by molar-refractivity contribution is 0.142. The molecule has 0 aliphatic heterocycles. The van der Waals surface area contributed by atoms with Gasteiger partial charge in [-0.05, 0) is 32.4 Å². The molecule has 0 spiro atoms. The quantitative estimate of drug-likeness (QED) is 0.775. The number of aromatic nitrogens is 2. The first-order valence-electron chi connectivity index (χ1n) is 6.73. The van der Waals surface area contributed by atoms with E-state index in [0.29, 0.717) is 0 Å². The minimum absolute atomic E-state index is 0.776. The van der Waals surface area contributed by atoms with Gasteiger partial charge in [0.15, 0.2) is 0 Å². The zero-order chi connectivity index (χ0) is 13.5. The van der Waals surface area contributed by atoms with Crippen molar-refractivity contribution in [3.63, 3.8) is 0 Å². The summed E-state index contributed by atoms with van der Waals surface area (Å²) in [6.45, 7) is 6.51. The van der Waals surface area contributed by atoms with Crippen molar-refractivity contribution in [2.75, 3.05) is 18.5 Å². The molecular formula is C15H21N3O. The zero-order valence-electron chi connectivity index (χ0n) is 11.6. The fourth-order valence-electron chi connectivity index (χ4n) is 1.95. The molecule has 0 amide bonds. The molecule has 0 atom stereocenters. The van der Waals surface area contributed by atoms with Gasteiger partial charge in [0.2, 0.25) is 5.95 Å².